The lowest BCUT2D eigenvalue weighted by atomic mass is 10.0. The minimum atomic E-state index is -0.647. The summed E-state index contributed by atoms with van der Waals surface area (Å²) >= 11 is 6.10. The van der Waals surface area contributed by atoms with Crippen molar-refractivity contribution < 1.29 is 19.1 Å². The highest BCUT2D eigenvalue weighted by atomic mass is 35.5. The monoisotopic (exact) mass is 551 g/mol. The lowest BCUT2D eigenvalue weighted by Crippen LogP contribution is -2.21. The number of aryl methyl sites for hydroxylation is 2. The molecular weight excluding hydrogens is 526 g/mol. The molecule has 0 atom stereocenters. The number of nitrogens with one attached hydrogen (secondary N) is 1. The van der Waals surface area contributed by atoms with Gasteiger partial charge in [-0.05, 0) is 50.2 Å². The Bertz CT molecular complexity index is 1720. The Morgan fingerprint density at radius 2 is 1.38 bits per heavy atom. The van der Waals surface area contributed by atoms with Crippen molar-refractivity contribution in [2.24, 2.45) is 0 Å². The molecule has 0 aliphatic carbocycles. The smallest absolute Gasteiger partial charge is 0.338 e. The van der Waals surface area contributed by atoms with Gasteiger partial charge < -0.3 is 14.8 Å². The molecule has 0 spiro atoms. The number of esters is 1. The van der Waals surface area contributed by atoms with E-state index in [-0.39, 0.29) is 5.56 Å². The maximum atomic E-state index is 12.8. The number of anilines is 1. The van der Waals surface area contributed by atoms with Gasteiger partial charge in [-0.3, -0.25) is 4.79 Å². The number of nitrogens with zero attached hydrogens (tertiary/aromatic N) is 2. The average Bonchev–Trinajstić information content (AvgIpc) is 2.96. The zero-order chi connectivity index (χ0) is 28.2. The highest BCUT2D eigenvalue weighted by Crippen LogP contribution is 2.32. The third-order valence-corrected chi connectivity index (χ3v) is 6.62. The van der Waals surface area contributed by atoms with E-state index >= 15 is 0 Å². The SMILES string of the molecule is COc1ccc(NC(=O)COC(=O)c2ccc3nc(-c4ccc(C)cc4)c(-c4ccc(C)cc4)nc3c2)cc1Cl. The van der Waals surface area contributed by atoms with Crippen LogP contribution >= 0.6 is 11.6 Å². The van der Waals surface area contributed by atoms with Gasteiger partial charge >= 0.3 is 5.97 Å². The van der Waals surface area contributed by atoms with Crippen LogP contribution in [0.4, 0.5) is 5.69 Å². The van der Waals surface area contributed by atoms with E-state index in [1.165, 1.54) is 7.11 Å². The van der Waals surface area contributed by atoms with E-state index in [4.69, 9.17) is 31.0 Å². The standard InChI is InChI=1S/C32H26ClN3O4/c1-19-4-8-21(9-5-19)30-31(22-10-6-20(2)7-11-22)36-27-16-23(12-14-26(27)35-30)32(38)40-18-29(37)34-24-13-15-28(39-3)25(33)17-24/h4-17H,18H2,1-3H3,(H,34,37). The number of carbonyl (C=O) groups excluding carboxylic acids is 2. The topological polar surface area (TPSA) is 90.4 Å². The van der Waals surface area contributed by atoms with Gasteiger partial charge in [0.15, 0.2) is 6.61 Å². The molecule has 0 unspecified atom stereocenters. The first-order valence-corrected chi connectivity index (χ1v) is 12.9. The molecule has 1 amide bonds. The Labute approximate surface area is 236 Å². The predicted octanol–water partition coefficient (Wildman–Crippen LogP) is 7.04. The Hall–Kier alpha value is -4.75. The first kappa shape index (κ1) is 26.8. The summed E-state index contributed by atoms with van der Waals surface area (Å²) in [6, 6.07) is 26.0. The van der Waals surface area contributed by atoms with Crippen molar-refractivity contribution in [2.75, 3.05) is 19.0 Å². The quantitative estimate of drug-likeness (QED) is 0.218. The summed E-state index contributed by atoms with van der Waals surface area (Å²) < 4.78 is 10.4. The van der Waals surface area contributed by atoms with Crippen molar-refractivity contribution in [1.29, 1.82) is 0 Å². The summed E-state index contributed by atoms with van der Waals surface area (Å²) in [6.07, 6.45) is 0. The molecule has 1 aromatic heterocycles. The van der Waals surface area contributed by atoms with Crippen LogP contribution in [-0.2, 0) is 9.53 Å². The molecule has 5 rings (SSSR count). The first-order valence-electron chi connectivity index (χ1n) is 12.6. The fraction of sp³-hybridized carbons (Fsp3) is 0.125. The number of hydrogen-bond acceptors (Lipinski definition) is 6. The summed E-state index contributed by atoms with van der Waals surface area (Å²) in [5.41, 5.74) is 7.51. The summed E-state index contributed by atoms with van der Waals surface area (Å²) in [4.78, 5) is 35.0. The van der Waals surface area contributed by atoms with E-state index in [2.05, 4.69) is 5.32 Å². The van der Waals surface area contributed by atoms with Crippen molar-refractivity contribution in [3.8, 4) is 28.3 Å². The van der Waals surface area contributed by atoms with Crippen LogP contribution in [0.3, 0.4) is 0 Å². The minimum absolute atomic E-state index is 0.264. The molecule has 0 radical (unpaired) electrons. The Morgan fingerprint density at radius 3 is 1.95 bits per heavy atom. The predicted molar refractivity (Wildman–Crippen MR) is 157 cm³/mol. The maximum Gasteiger partial charge on any atom is 0.338 e. The number of amides is 1. The zero-order valence-electron chi connectivity index (χ0n) is 22.2. The molecule has 1 N–H and O–H groups in total. The van der Waals surface area contributed by atoms with Crippen LogP contribution in [0.15, 0.2) is 84.9 Å². The maximum absolute atomic E-state index is 12.8. The van der Waals surface area contributed by atoms with Crippen LogP contribution in [0, 0.1) is 13.8 Å². The van der Waals surface area contributed by atoms with Crippen molar-refractivity contribution in [1.82, 2.24) is 9.97 Å². The fourth-order valence-corrected chi connectivity index (χ4v) is 4.42. The van der Waals surface area contributed by atoms with Crippen LogP contribution < -0.4 is 10.1 Å². The summed E-state index contributed by atoms with van der Waals surface area (Å²) in [7, 11) is 1.50. The van der Waals surface area contributed by atoms with Gasteiger partial charge in [0.1, 0.15) is 5.75 Å². The van der Waals surface area contributed by atoms with Gasteiger partial charge in [-0.1, -0.05) is 71.3 Å². The molecule has 4 aromatic carbocycles. The first-order chi connectivity index (χ1) is 19.3. The van der Waals surface area contributed by atoms with Gasteiger partial charge in [-0.2, -0.15) is 0 Å². The molecule has 200 valence electrons. The molecule has 5 aromatic rings. The van der Waals surface area contributed by atoms with Gasteiger partial charge in [0, 0.05) is 16.8 Å². The van der Waals surface area contributed by atoms with Gasteiger partial charge in [-0.25, -0.2) is 14.8 Å². The van der Waals surface area contributed by atoms with E-state index in [0.29, 0.717) is 33.2 Å². The van der Waals surface area contributed by atoms with Crippen molar-refractivity contribution in [2.45, 2.75) is 13.8 Å². The number of fused-ring (bicyclic) bond motifs is 1. The largest absolute Gasteiger partial charge is 0.495 e. The number of halogens is 1. The fourth-order valence-electron chi connectivity index (χ4n) is 4.16. The van der Waals surface area contributed by atoms with E-state index in [0.717, 1.165) is 27.9 Å². The number of methoxy groups -OCH3 is 1. The Morgan fingerprint density at radius 1 is 0.775 bits per heavy atom. The number of hydrogen-bond donors (Lipinski definition) is 1. The molecule has 0 aliphatic rings. The second-order valence-corrected chi connectivity index (χ2v) is 9.74. The zero-order valence-corrected chi connectivity index (χ0v) is 23.0. The molecule has 40 heavy (non-hydrogen) atoms. The van der Waals surface area contributed by atoms with E-state index in [1.807, 2.05) is 62.4 Å². The molecule has 0 saturated carbocycles. The van der Waals surface area contributed by atoms with Gasteiger partial charge in [0.25, 0.3) is 5.91 Å². The molecule has 0 fully saturated rings. The van der Waals surface area contributed by atoms with Crippen LogP contribution in [-0.4, -0.2) is 35.6 Å². The number of benzene rings is 4. The molecule has 1 heterocycles. The van der Waals surface area contributed by atoms with Crippen LogP contribution in [0.2, 0.25) is 5.02 Å². The van der Waals surface area contributed by atoms with Gasteiger partial charge in [0.05, 0.1) is 40.1 Å². The molecule has 0 bridgehead atoms. The second-order valence-electron chi connectivity index (χ2n) is 9.33. The molecule has 0 saturated heterocycles. The number of rotatable bonds is 7. The van der Waals surface area contributed by atoms with Crippen LogP contribution in [0.5, 0.6) is 5.75 Å². The van der Waals surface area contributed by atoms with Gasteiger partial charge in [0.2, 0.25) is 0 Å². The van der Waals surface area contributed by atoms with E-state index < -0.39 is 18.5 Å². The minimum Gasteiger partial charge on any atom is -0.495 e. The molecule has 8 heteroatoms. The summed E-state index contributed by atoms with van der Waals surface area (Å²) in [5, 5.41) is 3.00. The van der Waals surface area contributed by atoms with E-state index in [1.54, 1.807) is 36.4 Å². The highest BCUT2D eigenvalue weighted by Gasteiger charge is 2.16. The lowest BCUT2D eigenvalue weighted by molar-refractivity contribution is -0.119. The van der Waals surface area contributed by atoms with Crippen molar-refractivity contribution in [3.05, 3.63) is 107 Å². The number of ether oxygens (including phenoxy) is 2. The summed E-state index contributed by atoms with van der Waals surface area (Å²) in [5.74, 6) is -0.660. The lowest BCUT2D eigenvalue weighted by Gasteiger charge is -2.12. The van der Waals surface area contributed by atoms with E-state index in [9.17, 15) is 9.59 Å². The third-order valence-electron chi connectivity index (χ3n) is 6.32. The van der Waals surface area contributed by atoms with Crippen molar-refractivity contribution >= 4 is 40.2 Å². The van der Waals surface area contributed by atoms with Crippen LogP contribution in [0.25, 0.3) is 33.5 Å². The Kier molecular flexibility index (Phi) is 7.75. The number of carbonyl (C=O) groups is 2. The van der Waals surface area contributed by atoms with Gasteiger partial charge in [-0.15, -0.1) is 0 Å². The normalized spacial score (nSPS) is 10.8. The number of aromatic nitrogens is 2. The highest BCUT2D eigenvalue weighted by molar-refractivity contribution is 6.32. The average molecular weight is 552 g/mol. The van der Waals surface area contributed by atoms with Crippen LogP contribution in [0.1, 0.15) is 21.5 Å². The van der Waals surface area contributed by atoms with Crippen molar-refractivity contribution in [3.63, 3.8) is 0 Å². The third kappa shape index (κ3) is 5.95. The molecule has 0 aliphatic heterocycles. The summed E-state index contributed by atoms with van der Waals surface area (Å²) in [6.45, 7) is 3.60. The molecular formula is C32H26ClN3O4. The molecule has 7 nitrogen and oxygen atoms in total. The second kappa shape index (κ2) is 11.6. The Balaban J connectivity index is 1.39.